The van der Waals surface area contributed by atoms with Crippen LogP contribution in [-0.2, 0) is 29.1 Å². The highest BCUT2D eigenvalue weighted by molar-refractivity contribution is 6.26. The molecule has 2 aliphatic heterocycles. The van der Waals surface area contributed by atoms with Crippen LogP contribution in [0.3, 0.4) is 0 Å². The predicted octanol–water partition coefficient (Wildman–Crippen LogP) is 4.89. The minimum Gasteiger partial charge on any atom is -0.352 e. The van der Waals surface area contributed by atoms with Gasteiger partial charge < -0.3 is 16.0 Å². The highest BCUT2D eigenvalue weighted by atomic mass is 16.2. The monoisotopic (exact) mass is 515 g/mol. The third-order valence-corrected chi connectivity index (χ3v) is 7.19. The molecule has 7 nitrogen and oxygen atoms in total. The van der Waals surface area contributed by atoms with E-state index in [1.807, 2.05) is 49.5 Å². The van der Waals surface area contributed by atoms with Crippen molar-refractivity contribution in [2.75, 3.05) is 5.32 Å². The quantitative estimate of drug-likeness (QED) is 0.310. The SMILES string of the molecule is CC1C=C2C(=O)Nc3cncc(c3)-c3cccc(c3)CCC(=O)NCc3cncc(c3)-c3ccc(c2c3)CN1. The molecule has 2 aromatic heterocycles. The number of aromatic nitrogens is 2. The molecule has 1 atom stereocenters. The van der Waals surface area contributed by atoms with Gasteiger partial charge in [-0.3, -0.25) is 19.6 Å². The van der Waals surface area contributed by atoms with Gasteiger partial charge in [0.15, 0.2) is 0 Å². The fourth-order valence-electron chi connectivity index (χ4n) is 5.09. The lowest BCUT2D eigenvalue weighted by Gasteiger charge is -2.15. The lowest BCUT2D eigenvalue weighted by molar-refractivity contribution is -0.121. The molecule has 39 heavy (non-hydrogen) atoms. The lowest BCUT2D eigenvalue weighted by Crippen LogP contribution is -2.23. The summed E-state index contributed by atoms with van der Waals surface area (Å²) in [4.78, 5) is 35.2. The van der Waals surface area contributed by atoms with E-state index in [0.717, 1.165) is 44.5 Å². The first-order chi connectivity index (χ1) is 19.0. The van der Waals surface area contributed by atoms with Crippen molar-refractivity contribution in [2.24, 2.45) is 0 Å². The average molecular weight is 516 g/mol. The van der Waals surface area contributed by atoms with Gasteiger partial charge in [-0.2, -0.15) is 0 Å². The Hall–Kier alpha value is -4.62. The molecule has 0 saturated carbocycles. The van der Waals surface area contributed by atoms with Crippen LogP contribution in [0.15, 0.2) is 85.5 Å². The smallest absolute Gasteiger partial charge is 0.256 e. The Morgan fingerprint density at radius 1 is 0.769 bits per heavy atom. The molecule has 0 radical (unpaired) electrons. The van der Waals surface area contributed by atoms with Crippen molar-refractivity contribution in [3.63, 3.8) is 0 Å². The molecular formula is C32H29N5O2. The second-order valence-electron chi connectivity index (χ2n) is 10.1. The van der Waals surface area contributed by atoms with Crippen LogP contribution in [0.4, 0.5) is 5.69 Å². The molecule has 8 bridgehead atoms. The van der Waals surface area contributed by atoms with Gasteiger partial charge in [0.1, 0.15) is 0 Å². The number of benzene rings is 2. The third kappa shape index (κ3) is 5.49. The summed E-state index contributed by atoms with van der Waals surface area (Å²) in [6, 6.07) is 18.2. The number of hydrogen-bond donors (Lipinski definition) is 3. The largest absolute Gasteiger partial charge is 0.352 e. The van der Waals surface area contributed by atoms with Crippen LogP contribution in [-0.4, -0.2) is 27.8 Å². The van der Waals surface area contributed by atoms with Gasteiger partial charge in [-0.15, -0.1) is 0 Å². The molecule has 0 spiro atoms. The number of pyridine rings is 2. The number of carbonyl (C=O) groups is 2. The first kappa shape index (κ1) is 24.7. The molecule has 6 rings (SSSR count). The van der Waals surface area contributed by atoms with E-state index in [0.29, 0.717) is 37.2 Å². The summed E-state index contributed by atoms with van der Waals surface area (Å²) < 4.78 is 0. The summed E-state index contributed by atoms with van der Waals surface area (Å²) in [5, 5.41) is 9.57. The first-order valence-electron chi connectivity index (χ1n) is 13.2. The van der Waals surface area contributed by atoms with Crippen LogP contribution < -0.4 is 16.0 Å². The van der Waals surface area contributed by atoms with Gasteiger partial charge in [-0.1, -0.05) is 42.5 Å². The Bertz CT molecular complexity index is 1610. The van der Waals surface area contributed by atoms with Crippen molar-refractivity contribution in [3.8, 4) is 22.3 Å². The van der Waals surface area contributed by atoms with E-state index in [1.54, 1.807) is 18.6 Å². The molecule has 2 aromatic carbocycles. The summed E-state index contributed by atoms with van der Waals surface area (Å²) in [6.07, 6.45) is 10.0. The zero-order chi connectivity index (χ0) is 26.8. The molecule has 7 heteroatoms. The zero-order valence-corrected chi connectivity index (χ0v) is 21.7. The molecule has 1 unspecified atom stereocenters. The summed E-state index contributed by atoms with van der Waals surface area (Å²) in [5.74, 6) is -0.186. The standard InChI is InChI=1S/C32H29N5O2/c1-20-9-30-29-13-24(6-7-25(29)18-35-20)26-11-22(14-33-16-26)15-36-31(38)8-5-21-3-2-4-23(10-21)27-12-28(19-34-17-27)37-32(30)39/h2-4,6-7,9-14,16-17,19-20,35H,5,8,15,18H2,1H3,(H,36,38)(H,37,39). The fourth-order valence-corrected chi connectivity index (χ4v) is 5.09. The van der Waals surface area contributed by atoms with Crippen LogP contribution in [0.1, 0.15) is 35.6 Å². The highest BCUT2D eigenvalue weighted by Gasteiger charge is 2.21. The van der Waals surface area contributed by atoms with Crippen molar-refractivity contribution in [3.05, 3.63) is 108 Å². The number of anilines is 1. The Balaban J connectivity index is 1.45. The lowest BCUT2D eigenvalue weighted by atomic mass is 9.94. The van der Waals surface area contributed by atoms with E-state index in [1.165, 1.54) is 0 Å². The number of aryl methyl sites for hydroxylation is 1. The van der Waals surface area contributed by atoms with Crippen molar-refractivity contribution >= 4 is 23.1 Å². The van der Waals surface area contributed by atoms with Gasteiger partial charge in [0.05, 0.1) is 11.9 Å². The van der Waals surface area contributed by atoms with Crippen molar-refractivity contribution in [1.82, 2.24) is 20.6 Å². The van der Waals surface area contributed by atoms with E-state index in [4.69, 9.17) is 0 Å². The van der Waals surface area contributed by atoms with Crippen LogP contribution >= 0.6 is 0 Å². The molecule has 4 heterocycles. The van der Waals surface area contributed by atoms with Crippen LogP contribution in [0.25, 0.3) is 27.8 Å². The molecule has 0 fully saturated rings. The van der Waals surface area contributed by atoms with E-state index >= 15 is 0 Å². The van der Waals surface area contributed by atoms with Crippen molar-refractivity contribution < 1.29 is 9.59 Å². The van der Waals surface area contributed by atoms with E-state index in [2.05, 4.69) is 50.2 Å². The van der Waals surface area contributed by atoms with Crippen LogP contribution in [0, 0.1) is 0 Å². The highest BCUT2D eigenvalue weighted by Crippen LogP contribution is 2.31. The molecule has 3 N–H and O–H groups in total. The Labute approximate surface area is 227 Å². The molecule has 2 amide bonds. The molecule has 0 aliphatic carbocycles. The van der Waals surface area contributed by atoms with E-state index < -0.39 is 0 Å². The molecule has 4 aromatic rings. The second-order valence-corrected chi connectivity index (χ2v) is 10.1. The topological polar surface area (TPSA) is 96.0 Å². The summed E-state index contributed by atoms with van der Waals surface area (Å²) in [6.45, 7) is 3.10. The van der Waals surface area contributed by atoms with Crippen molar-refractivity contribution in [1.29, 1.82) is 0 Å². The predicted molar refractivity (Wildman–Crippen MR) is 152 cm³/mol. The maximum atomic E-state index is 13.7. The van der Waals surface area contributed by atoms with Gasteiger partial charge in [0.25, 0.3) is 5.91 Å². The minimum atomic E-state index is -0.180. The fraction of sp³-hybridized carbons (Fsp3) is 0.188. The van der Waals surface area contributed by atoms with Gasteiger partial charge in [0.2, 0.25) is 5.91 Å². The number of hydrogen-bond acceptors (Lipinski definition) is 5. The zero-order valence-electron chi connectivity index (χ0n) is 21.7. The Morgan fingerprint density at radius 2 is 1.56 bits per heavy atom. The Morgan fingerprint density at radius 3 is 2.46 bits per heavy atom. The van der Waals surface area contributed by atoms with Crippen LogP contribution in [0.2, 0.25) is 0 Å². The summed E-state index contributed by atoms with van der Waals surface area (Å²) >= 11 is 0. The first-order valence-corrected chi connectivity index (χ1v) is 13.2. The number of nitrogens with zero attached hydrogens (tertiary/aromatic N) is 2. The average Bonchev–Trinajstić information content (AvgIpc) is 3.13. The Kier molecular flexibility index (Phi) is 6.73. The normalized spacial score (nSPS) is 17.3. The van der Waals surface area contributed by atoms with Gasteiger partial charge >= 0.3 is 0 Å². The number of amides is 2. The third-order valence-electron chi connectivity index (χ3n) is 7.19. The summed E-state index contributed by atoms with van der Waals surface area (Å²) in [7, 11) is 0. The van der Waals surface area contributed by atoms with E-state index in [9.17, 15) is 9.59 Å². The summed E-state index contributed by atoms with van der Waals surface area (Å²) in [5.41, 5.74) is 8.91. The number of rotatable bonds is 0. The van der Waals surface area contributed by atoms with Gasteiger partial charge in [0, 0.05) is 60.8 Å². The number of nitrogens with one attached hydrogen (secondary N) is 3. The molecular weight excluding hydrogens is 486 g/mol. The maximum Gasteiger partial charge on any atom is 0.256 e. The molecule has 194 valence electrons. The number of carbonyl (C=O) groups excluding carboxylic acids is 2. The molecule has 2 aliphatic rings. The second kappa shape index (κ2) is 10.6. The number of fused-ring (bicyclic) bond motifs is 9. The van der Waals surface area contributed by atoms with Gasteiger partial charge in [-0.05, 0) is 64.9 Å². The van der Waals surface area contributed by atoms with Crippen LogP contribution in [0.5, 0.6) is 0 Å². The molecule has 0 saturated heterocycles. The maximum absolute atomic E-state index is 13.7. The van der Waals surface area contributed by atoms with E-state index in [-0.39, 0.29) is 17.9 Å². The van der Waals surface area contributed by atoms with Crippen molar-refractivity contribution in [2.45, 2.75) is 38.9 Å². The minimum absolute atomic E-state index is 0.00647. The van der Waals surface area contributed by atoms with Gasteiger partial charge in [-0.25, -0.2) is 0 Å².